The summed E-state index contributed by atoms with van der Waals surface area (Å²) >= 11 is 1.67. The molecule has 90 valence electrons. The summed E-state index contributed by atoms with van der Waals surface area (Å²) in [6.07, 6.45) is 0.787. The third-order valence-electron chi connectivity index (χ3n) is 2.39. The molecule has 0 saturated carbocycles. The van der Waals surface area contributed by atoms with Crippen LogP contribution in [0.1, 0.15) is 12.1 Å². The van der Waals surface area contributed by atoms with Gasteiger partial charge in [0.05, 0.1) is 5.69 Å². The number of hydrogen-bond donors (Lipinski definition) is 2. The first-order valence-corrected chi connectivity index (χ1v) is 6.59. The van der Waals surface area contributed by atoms with E-state index in [1.54, 1.807) is 11.3 Å². The van der Waals surface area contributed by atoms with E-state index in [2.05, 4.69) is 27.8 Å². The summed E-state index contributed by atoms with van der Waals surface area (Å²) in [6.45, 7) is 1.83. The van der Waals surface area contributed by atoms with Crippen molar-refractivity contribution in [2.75, 3.05) is 13.2 Å². The average molecular weight is 248 g/mol. The van der Waals surface area contributed by atoms with Gasteiger partial charge >= 0.3 is 0 Å². The fraction of sp³-hybridized carbons (Fsp3) is 0.308. The van der Waals surface area contributed by atoms with E-state index in [1.165, 1.54) is 5.56 Å². The molecule has 0 spiro atoms. The fourth-order valence-corrected chi connectivity index (χ4v) is 2.35. The van der Waals surface area contributed by atoms with Crippen molar-refractivity contribution < 1.29 is 5.11 Å². The molecule has 0 unspecified atom stereocenters. The van der Waals surface area contributed by atoms with Crippen LogP contribution in [-0.2, 0) is 6.54 Å². The van der Waals surface area contributed by atoms with Crippen molar-refractivity contribution in [2.45, 2.75) is 13.0 Å². The van der Waals surface area contributed by atoms with Gasteiger partial charge in [-0.05, 0) is 13.0 Å². The zero-order valence-corrected chi connectivity index (χ0v) is 10.4. The van der Waals surface area contributed by atoms with Crippen molar-refractivity contribution in [3.05, 3.63) is 41.4 Å². The van der Waals surface area contributed by atoms with E-state index < -0.39 is 0 Å². The van der Waals surface area contributed by atoms with Gasteiger partial charge in [0.2, 0.25) is 0 Å². The van der Waals surface area contributed by atoms with Gasteiger partial charge < -0.3 is 10.4 Å². The van der Waals surface area contributed by atoms with Gasteiger partial charge in [-0.1, -0.05) is 30.3 Å². The highest BCUT2D eigenvalue weighted by Gasteiger charge is 2.03. The number of aromatic nitrogens is 1. The monoisotopic (exact) mass is 248 g/mol. The number of aliphatic hydroxyl groups is 1. The van der Waals surface area contributed by atoms with Crippen molar-refractivity contribution in [1.82, 2.24) is 10.3 Å². The molecule has 1 heterocycles. The molecule has 0 bridgehead atoms. The van der Waals surface area contributed by atoms with Crippen LogP contribution in [-0.4, -0.2) is 23.2 Å². The van der Waals surface area contributed by atoms with Crippen LogP contribution in [0.2, 0.25) is 0 Å². The van der Waals surface area contributed by atoms with Gasteiger partial charge in [0, 0.05) is 24.1 Å². The third kappa shape index (κ3) is 3.63. The highest BCUT2D eigenvalue weighted by atomic mass is 32.1. The Hall–Kier alpha value is -1.23. The predicted molar refractivity (Wildman–Crippen MR) is 71.0 cm³/mol. The van der Waals surface area contributed by atoms with Crippen molar-refractivity contribution in [1.29, 1.82) is 0 Å². The first-order valence-electron chi connectivity index (χ1n) is 5.71. The van der Waals surface area contributed by atoms with Crippen LogP contribution >= 0.6 is 11.3 Å². The lowest BCUT2D eigenvalue weighted by molar-refractivity contribution is 0.286. The Bertz CT molecular complexity index is 442. The second-order valence-electron chi connectivity index (χ2n) is 3.76. The first kappa shape index (κ1) is 12.2. The molecular weight excluding hydrogens is 232 g/mol. The summed E-state index contributed by atoms with van der Waals surface area (Å²) in [5.74, 6) is 0. The molecule has 0 saturated heterocycles. The Morgan fingerprint density at radius 2 is 2.06 bits per heavy atom. The summed E-state index contributed by atoms with van der Waals surface area (Å²) in [7, 11) is 0. The summed E-state index contributed by atoms with van der Waals surface area (Å²) < 4.78 is 0. The lowest BCUT2D eigenvalue weighted by Gasteiger charge is -1.99. The van der Waals surface area contributed by atoms with Crippen LogP contribution in [0.25, 0.3) is 10.6 Å². The predicted octanol–water partition coefficient (Wildman–Crippen LogP) is 2.28. The molecule has 0 fully saturated rings. The zero-order valence-electron chi connectivity index (χ0n) is 9.60. The molecular formula is C13H16N2OS. The molecule has 1 aromatic carbocycles. The number of thiazole rings is 1. The number of hydrogen-bond acceptors (Lipinski definition) is 4. The largest absolute Gasteiger partial charge is 0.396 e. The van der Waals surface area contributed by atoms with Crippen molar-refractivity contribution in [3.8, 4) is 10.6 Å². The molecule has 2 aromatic rings. The number of nitrogens with one attached hydrogen (secondary N) is 1. The molecule has 0 aliphatic rings. The molecule has 2 N–H and O–H groups in total. The zero-order chi connectivity index (χ0) is 11.9. The number of rotatable bonds is 6. The topological polar surface area (TPSA) is 45.1 Å². The highest BCUT2D eigenvalue weighted by molar-refractivity contribution is 7.13. The fourth-order valence-electron chi connectivity index (χ4n) is 1.52. The van der Waals surface area contributed by atoms with Gasteiger partial charge in [-0.25, -0.2) is 4.98 Å². The molecule has 0 atom stereocenters. The van der Waals surface area contributed by atoms with Crippen molar-refractivity contribution in [3.63, 3.8) is 0 Å². The lowest BCUT2D eigenvalue weighted by Crippen LogP contribution is -2.15. The van der Waals surface area contributed by atoms with E-state index in [0.29, 0.717) is 0 Å². The Labute approximate surface area is 105 Å². The van der Waals surface area contributed by atoms with E-state index in [0.717, 1.165) is 30.2 Å². The smallest absolute Gasteiger partial charge is 0.123 e. The maximum absolute atomic E-state index is 8.66. The first-order chi connectivity index (χ1) is 8.40. The Morgan fingerprint density at radius 1 is 1.24 bits per heavy atom. The SMILES string of the molecule is OCCCNCc1csc(-c2ccccc2)n1. The molecule has 1 aromatic heterocycles. The van der Waals surface area contributed by atoms with Crippen molar-refractivity contribution >= 4 is 11.3 Å². The van der Waals surface area contributed by atoms with Crippen LogP contribution in [0.15, 0.2) is 35.7 Å². The van der Waals surface area contributed by atoms with Crippen LogP contribution in [0.3, 0.4) is 0 Å². The molecule has 4 heteroatoms. The van der Waals surface area contributed by atoms with Crippen molar-refractivity contribution in [2.24, 2.45) is 0 Å². The molecule has 17 heavy (non-hydrogen) atoms. The standard InChI is InChI=1S/C13H16N2OS/c16-8-4-7-14-9-12-10-17-13(15-12)11-5-2-1-3-6-11/h1-3,5-6,10,14,16H,4,7-9H2. The van der Waals surface area contributed by atoms with Crippen LogP contribution in [0.4, 0.5) is 0 Å². The molecule has 0 aliphatic heterocycles. The third-order valence-corrected chi connectivity index (χ3v) is 3.33. The number of benzene rings is 1. The minimum absolute atomic E-state index is 0.235. The van der Waals surface area contributed by atoms with Crippen LogP contribution < -0.4 is 5.32 Å². The molecule has 2 rings (SSSR count). The Balaban J connectivity index is 1.92. The lowest BCUT2D eigenvalue weighted by atomic mass is 10.2. The molecule has 0 aliphatic carbocycles. The maximum Gasteiger partial charge on any atom is 0.123 e. The van der Waals surface area contributed by atoms with E-state index >= 15 is 0 Å². The van der Waals surface area contributed by atoms with Gasteiger partial charge in [0.15, 0.2) is 0 Å². The van der Waals surface area contributed by atoms with E-state index in [-0.39, 0.29) is 6.61 Å². The Morgan fingerprint density at radius 3 is 2.82 bits per heavy atom. The second-order valence-corrected chi connectivity index (χ2v) is 4.62. The minimum Gasteiger partial charge on any atom is -0.396 e. The van der Waals surface area contributed by atoms with E-state index in [1.807, 2.05) is 18.2 Å². The van der Waals surface area contributed by atoms with Gasteiger partial charge in [0.1, 0.15) is 5.01 Å². The van der Waals surface area contributed by atoms with Gasteiger partial charge in [0.25, 0.3) is 0 Å². The average Bonchev–Trinajstić information content (AvgIpc) is 2.85. The number of nitrogens with zero attached hydrogens (tertiary/aromatic N) is 1. The van der Waals surface area contributed by atoms with Gasteiger partial charge in [-0.3, -0.25) is 0 Å². The quantitative estimate of drug-likeness (QED) is 0.771. The van der Waals surface area contributed by atoms with Gasteiger partial charge in [-0.2, -0.15) is 0 Å². The summed E-state index contributed by atoms with van der Waals surface area (Å²) in [5, 5.41) is 15.1. The highest BCUT2D eigenvalue weighted by Crippen LogP contribution is 2.22. The molecule has 0 amide bonds. The minimum atomic E-state index is 0.235. The summed E-state index contributed by atoms with van der Waals surface area (Å²) in [6, 6.07) is 10.2. The second kappa shape index (κ2) is 6.49. The summed E-state index contributed by atoms with van der Waals surface area (Å²) in [4.78, 5) is 4.57. The normalized spacial score (nSPS) is 10.6. The van der Waals surface area contributed by atoms with Crippen LogP contribution in [0.5, 0.6) is 0 Å². The van der Waals surface area contributed by atoms with E-state index in [4.69, 9.17) is 5.11 Å². The summed E-state index contributed by atoms with van der Waals surface area (Å²) in [5.41, 5.74) is 2.23. The van der Waals surface area contributed by atoms with E-state index in [9.17, 15) is 0 Å². The number of aliphatic hydroxyl groups excluding tert-OH is 1. The molecule has 3 nitrogen and oxygen atoms in total. The molecule has 0 radical (unpaired) electrons. The van der Waals surface area contributed by atoms with Gasteiger partial charge in [-0.15, -0.1) is 11.3 Å². The Kier molecular flexibility index (Phi) is 4.67. The maximum atomic E-state index is 8.66. The van der Waals surface area contributed by atoms with Crippen LogP contribution in [0, 0.1) is 0 Å².